The summed E-state index contributed by atoms with van der Waals surface area (Å²) in [4.78, 5) is 25.5. The Morgan fingerprint density at radius 2 is 1.77 bits per heavy atom. The molecule has 1 aliphatic rings. The number of nitrogens with one attached hydrogen (secondary N) is 1. The summed E-state index contributed by atoms with van der Waals surface area (Å²) in [5.74, 6) is -0.120. The summed E-state index contributed by atoms with van der Waals surface area (Å²) in [6.45, 7) is 4.57. The van der Waals surface area contributed by atoms with Gasteiger partial charge in [-0.1, -0.05) is 31.2 Å². The number of amides is 2. The first-order chi connectivity index (χ1) is 10.7. The van der Waals surface area contributed by atoms with Crippen molar-refractivity contribution in [2.24, 2.45) is 0 Å². The molecular weight excluding hydrogens is 280 g/mol. The first-order valence-electron chi connectivity index (χ1n) is 7.89. The van der Waals surface area contributed by atoms with Crippen LogP contribution in [0.2, 0.25) is 0 Å². The van der Waals surface area contributed by atoms with Crippen LogP contribution < -0.4 is 5.32 Å². The number of carbonyl (C=O) groups excluding carboxylic acids is 2. The highest BCUT2D eigenvalue weighted by atomic mass is 16.5. The van der Waals surface area contributed by atoms with E-state index < -0.39 is 0 Å². The summed E-state index contributed by atoms with van der Waals surface area (Å²) in [6, 6.07) is 8.31. The predicted octanol–water partition coefficient (Wildman–Crippen LogP) is 1.16. The van der Waals surface area contributed by atoms with Crippen molar-refractivity contribution < 1.29 is 14.3 Å². The Bertz CT molecular complexity index is 493. The van der Waals surface area contributed by atoms with Gasteiger partial charge in [0.05, 0.1) is 19.8 Å². The largest absolute Gasteiger partial charge is 0.378 e. The van der Waals surface area contributed by atoms with Crippen molar-refractivity contribution in [1.29, 1.82) is 0 Å². The molecule has 0 bridgehead atoms. The Kier molecular flexibility index (Phi) is 6.40. The standard InChI is InChI=1S/C17H24N2O3/c1-2-14-3-5-15(6-4-14)7-8-16(20)18-13-17(21)19-9-11-22-12-10-19/h3-6H,2,7-13H2,1H3,(H,18,20). The Balaban J connectivity index is 1.67. The van der Waals surface area contributed by atoms with Gasteiger partial charge in [0.2, 0.25) is 11.8 Å². The van der Waals surface area contributed by atoms with E-state index in [9.17, 15) is 9.59 Å². The molecule has 5 nitrogen and oxygen atoms in total. The molecule has 2 amide bonds. The lowest BCUT2D eigenvalue weighted by Crippen LogP contribution is -2.45. The Labute approximate surface area is 131 Å². The van der Waals surface area contributed by atoms with Crippen LogP contribution in [-0.4, -0.2) is 49.6 Å². The third kappa shape index (κ3) is 5.15. The zero-order valence-corrected chi connectivity index (χ0v) is 13.1. The van der Waals surface area contributed by atoms with Crippen LogP contribution >= 0.6 is 0 Å². The molecule has 1 aromatic carbocycles. The number of nitrogens with zero attached hydrogens (tertiary/aromatic N) is 1. The number of aryl methyl sites for hydroxylation is 2. The van der Waals surface area contributed by atoms with Crippen LogP contribution in [0.4, 0.5) is 0 Å². The predicted molar refractivity (Wildman–Crippen MR) is 84.5 cm³/mol. The van der Waals surface area contributed by atoms with Crippen molar-refractivity contribution in [3.8, 4) is 0 Å². The summed E-state index contributed by atoms with van der Waals surface area (Å²) in [5, 5.41) is 2.70. The summed E-state index contributed by atoms with van der Waals surface area (Å²) in [6.07, 6.45) is 2.12. The fraction of sp³-hybridized carbons (Fsp3) is 0.529. The highest BCUT2D eigenvalue weighted by Gasteiger charge is 2.17. The zero-order chi connectivity index (χ0) is 15.8. The average Bonchev–Trinajstić information content (AvgIpc) is 2.59. The fourth-order valence-corrected chi connectivity index (χ4v) is 2.39. The van der Waals surface area contributed by atoms with Crippen molar-refractivity contribution in [2.45, 2.75) is 26.2 Å². The maximum atomic E-state index is 11.9. The molecule has 0 aliphatic carbocycles. The van der Waals surface area contributed by atoms with Crippen molar-refractivity contribution in [3.05, 3.63) is 35.4 Å². The van der Waals surface area contributed by atoms with Gasteiger partial charge in [-0.3, -0.25) is 9.59 Å². The molecule has 1 aliphatic heterocycles. The van der Waals surface area contributed by atoms with Gasteiger partial charge < -0.3 is 15.0 Å². The van der Waals surface area contributed by atoms with Crippen LogP contribution in [0.5, 0.6) is 0 Å². The van der Waals surface area contributed by atoms with Crippen molar-refractivity contribution in [2.75, 3.05) is 32.8 Å². The van der Waals surface area contributed by atoms with E-state index in [0.717, 1.165) is 12.0 Å². The normalized spacial score (nSPS) is 14.7. The van der Waals surface area contributed by atoms with Gasteiger partial charge in [0, 0.05) is 19.5 Å². The molecule has 0 saturated carbocycles. The molecule has 1 N–H and O–H groups in total. The third-order valence-corrected chi connectivity index (χ3v) is 3.87. The monoisotopic (exact) mass is 304 g/mol. The SMILES string of the molecule is CCc1ccc(CCC(=O)NCC(=O)N2CCOCC2)cc1. The van der Waals surface area contributed by atoms with Crippen molar-refractivity contribution >= 4 is 11.8 Å². The van der Waals surface area contributed by atoms with Crippen LogP contribution in [0.25, 0.3) is 0 Å². The fourth-order valence-electron chi connectivity index (χ4n) is 2.39. The summed E-state index contributed by atoms with van der Waals surface area (Å²) >= 11 is 0. The van der Waals surface area contributed by atoms with Crippen LogP contribution in [-0.2, 0) is 27.2 Å². The van der Waals surface area contributed by atoms with Crippen LogP contribution in [0, 0.1) is 0 Å². The van der Waals surface area contributed by atoms with Gasteiger partial charge in [0.15, 0.2) is 0 Å². The van der Waals surface area contributed by atoms with Crippen LogP contribution in [0.15, 0.2) is 24.3 Å². The molecule has 1 saturated heterocycles. The van der Waals surface area contributed by atoms with Crippen molar-refractivity contribution in [3.63, 3.8) is 0 Å². The lowest BCUT2D eigenvalue weighted by atomic mass is 10.1. The van der Waals surface area contributed by atoms with E-state index in [2.05, 4.69) is 36.5 Å². The van der Waals surface area contributed by atoms with E-state index in [4.69, 9.17) is 4.74 Å². The highest BCUT2D eigenvalue weighted by Crippen LogP contribution is 2.07. The molecular formula is C17H24N2O3. The van der Waals surface area contributed by atoms with E-state index >= 15 is 0 Å². The molecule has 5 heteroatoms. The average molecular weight is 304 g/mol. The maximum Gasteiger partial charge on any atom is 0.242 e. The van der Waals surface area contributed by atoms with Gasteiger partial charge in [0.25, 0.3) is 0 Å². The van der Waals surface area contributed by atoms with Crippen LogP contribution in [0.3, 0.4) is 0 Å². The summed E-state index contributed by atoms with van der Waals surface area (Å²) in [5.41, 5.74) is 2.44. The number of carbonyl (C=O) groups is 2. The number of hydrogen-bond acceptors (Lipinski definition) is 3. The Hall–Kier alpha value is -1.88. The van der Waals surface area contributed by atoms with E-state index in [1.807, 2.05) is 0 Å². The quantitative estimate of drug-likeness (QED) is 0.858. The number of hydrogen-bond donors (Lipinski definition) is 1. The second-order valence-electron chi connectivity index (χ2n) is 5.44. The Morgan fingerprint density at radius 1 is 1.14 bits per heavy atom. The van der Waals surface area contributed by atoms with Gasteiger partial charge in [0.1, 0.15) is 0 Å². The minimum absolute atomic E-state index is 0.0380. The maximum absolute atomic E-state index is 11.9. The number of morpholine rings is 1. The molecule has 22 heavy (non-hydrogen) atoms. The first kappa shape index (κ1) is 16.5. The lowest BCUT2D eigenvalue weighted by molar-refractivity contribution is -0.136. The molecule has 0 atom stereocenters. The summed E-state index contributed by atoms with van der Waals surface area (Å²) < 4.78 is 5.20. The van der Waals surface area contributed by atoms with E-state index in [1.165, 1.54) is 5.56 Å². The van der Waals surface area contributed by atoms with E-state index in [-0.39, 0.29) is 18.4 Å². The molecule has 0 aromatic heterocycles. The molecule has 2 rings (SSSR count). The molecule has 1 fully saturated rings. The highest BCUT2D eigenvalue weighted by molar-refractivity contribution is 5.84. The minimum atomic E-state index is -0.0822. The molecule has 0 spiro atoms. The molecule has 120 valence electrons. The topological polar surface area (TPSA) is 58.6 Å². The molecule has 1 aromatic rings. The number of ether oxygens (including phenoxy) is 1. The van der Waals surface area contributed by atoms with Crippen molar-refractivity contribution in [1.82, 2.24) is 10.2 Å². The zero-order valence-electron chi connectivity index (χ0n) is 13.1. The molecule has 1 heterocycles. The van der Waals surface area contributed by atoms with Gasteiger partial charge in [-0.05, 0) is 24.0 Å². The Morgan fingerprint density at radius 3 is 2.41 bits per heavy atom. The minimum Gasteiger partial charge on any atom is -0.378 e. The lowest BCUT2D eigenvalue weighted by Gasteiger charge is -2.26. The van der Waals surface area contributed by atoms with Crippen LogP contribution in [0.1, 0.15) is 24.5 Å². The van der Waals surface area contributed by atoms with Gasteiger partial charge >= 0.3 is 0 Å². The molecule has 0 unspecified atom stereocenters. The second kappa shape index (κ2) is 8.54. The molecule has 0 radical (unpaired) electrons. The second-order valence-corrected chi connectivity index (χ2v) is 5.44. The number of rotatable bonds is 6. The summed E-state index contributed by atoms with van der Waals surface area (Å²) in [7, 11) is 0. The van der Waals surface area contributed by atoms with E-state index in [0.29, 0.717) is 39.1 Å². The smallest absolute Gasteiger partial charge is 0.242 e. The first-order valence-corrected chi connectivity index (χ1v) is 7.89. The number of benzene rings is 1. The third-order valence-electron chi connectivity index (χ3n) is 3.87. The van der Waals surface area contributed by atoms with Gasteiger partial charge in [-0.2, -0.15) is 0 Å². The van der Waals surface area contributed by atoms with Gasteiger partial charge in [-0.15, -0.1) is 0 Å². The van der Waals surface area contributed by atoms with E-state index in [1.54, 1.807) is 4.90 Å². The van der Waals surface area contributed by atoms with Gasteiger partial charge in [-0.25, -0.2) is 0 Å².